The molecule has 2 aromatic heterocycles. The molecule has 232 valence electrons. The van der Waals surface area contributed by atoms with E-state index in [0.717, 1.165) is 16.5 Å². The molecule has 12 heteroatoms. The van der Waals surface area contributed by atoms with Gasteiger partial charge < -0.3 is 30.8 Å². The summed E-state index contributed by atoms with van der Waals surface area (Å²) in [5, 5.41) is 17.7. The Bertz CT molecular complexity index is 1830. The molecule has 2 amide bonds. The van der Waals surface area contributed by atoms with E-state index in [-0.39, 0.29) is 36.6 Å². The Kier molecular flexibility index (Phi) is 7.12. The Labute approximate surface area is 253 Å². The molecule has 0 unspecified atom stereocenters. The van der Waals surface area contributed by atoms with Crippen molar-refractivity contribution in [1.29, 1.82) is 0 Å². The van der Waals surface area contributed by atoms with Gasteiger partial charge in [0.05, 0.1) is 41.1 Å². The molecule has 3 aliphatic rings. The number of aryl methyl sites for hydroxylation is 1. The van der Waals surface area contributed by atoms with Crippen LogP contribution >= 0.6 is 0 Å². The topological polar surface area (TPSA) is 166 Å². The van der Waals surface area contributed by atoms with Gasteiger partial charge in [-0.25, -0.2) is 14.2 Å². The van der Waals surface area contributed by atoms with Crippen molar-refractivity contribution in [2.24, 2.45) is 11.7 Å². The Balaban J connectivity index is 1.48. The maximum absolute atomic E-state index is 15.1. The summed E-state index contributed by atoms with van der Waals surface area (Å²) in [4.78, 5) is 57.1. The monoisotopic (exact) mass is 605 g/mol. The van der Waals surface area contributed by atoms with Gasteiger partial charge in [-0.05, 0) is 61.8 Å². The van der Waals surface area contributed by atoms with Crippen molar-refractivity contribution >= 4 is 28.7 Å². The van der Waals surface area contributed by atoms with Crippen molar-refractivity contribution in [1.82, 2.24) is 20.2 Å². The van der Waals surface area contributed by atoms with Crippen LogP contribution in [0.3, 0.4) is 0 Å². The van der Waals surface area contributed by atoms with Crippen molar-refractivity contribution < 1.29 is 28.6 Å². The Morgan fingerprint density at radius 2 is 1.93 bits per heavy atom. The van der Waals surface area contributed by atoms with Crippen LogP contribution in [0.5, 0.6) is 0 Å². The van der Waals surface area contributed by atoms with Gasteiger partial charge in [-0.1, -0.05) is 20.8 Å². The molecular formula is C32H36FN5O6. The van der Waals surface area contributed by atoms with Gasteiger partial charge in [-0.3, -0.25) is 14.4 Å². The first-order valence-corrected chi connectivity index (χ1v) is 15.0. The summed E-state index contributed by atoms with van der Waals surface area (Å²) in [6.07, 6.45) is 0.950. The minimum atomic E-state index is -1.98. The first kappa shape index (κ1) is 29.9. The average Bonchev–Trinajstić information content (AvgIpc) is 3.36. The van der Waals surface area contributed by atoms with Crippen LogP contribution in [-0.4, -0.2) is 44.5 Å². The van der Waals surface area contributed by atoms with E-state index in [1.165, 1.54) is 10.6 Å². The number of hydrogen-bond acceptors (Lipinski definition) is 8. The highest BCUT2D eigenvalue weighted by atomic mass is 19.1. The lowest BCUT2D eigenvalue weighted by atomic mass is 9.81. The van der Waals surface area contributed by atoms with Crippen molar-refractivity contribution in [2.45, 2.75) is 90.8 Å². The minimum absolute atomic E-state index is 0.00370. The number of amides is 2. The van der Waals surface area contributed by atoms with Crippen molar-refractivity contribution in [3.8, 4) is 11.4 Å². The number of aromatic nitrogens is 2. The molecule has 1 aromatic carbocycles. The second-order valence-electron chi connectivity index (χ2n) is 12.4. The fourth-order valence-electron chi connectivity index (χ4n) is 6.67. The van der Waals surface area contributed by atoms with E-state index < -0.39 is 52.9 Å². The smallest absolute Gasteiger partial charge is 0.343 e. The fraction of sp³-hybridized carbons (Fsp3) is 0.469. The maximum Gasteiger partial charge on any atom is 0.343 e. The molecular weight excluding hydrogens is 569 g/mol. The van der Waals surface area contributed by atoms with Gasteiger partial charge >= 0.3 is 5.97 Å². The molecule has 0 bridgehead atoms. The number of rotatable bonds is 6. The lowest BCUT2D eigenvalue weighted by Gasteiger charge is -2.31. The highest BCUT2D eigenvalue weighted by Gasteiger charge is 2.46. The van der Waals surface area contributed by atoms with Gasteiger partial charge in [0.1, 0.15) is 18.5 Å². The summed E-state index contributed by atoms with van der Waals surface area (Å²) in [6, 6.07) is 0.813. The third kappa shape index (κ3) is 4.34. The molecule has 4 heterocycles. The zero-order valence-electron chi connectivity index (χ0n) is 25.3. The molecule has 44 heavy (non-hydrogen) atoms. The molecule has 4 atom stereocenters. The Hall–Kier alpha value is -4.16. The average molecular weight is 606 g/mol. The quantitative estimate of drug-likeness (QED) is 0.243. The number of fused-ring (bicyclic) bond motifs is 5. The van der Waals surface area contributed by atoms with Gasteiger partial charge in [0, 0.05) is 22.6 Å². The van der Waals surface area contributed by atoms with E-state index in [4.69, 9.17) is 15.5 Å². The third-order valence-corrected chi connectivity index (χ3v) is 9.47. The van der Waals surface area contributed by atoms with E-state index >= 15 is 4.39 Å². The molecule has 0 saturated carbocycles. The van der Waals surface area contributed by atoms with Crippen LogP contribution in [0.1, 0.15) is 80.0 Å². The first-order valence-electron chi connectivity index (χ1n) is 15.0. The SMILES string of the molecule is CC[C@@]1(O)C(=O)OCc2c1cc1n(c2=O)Cc2c-1nc1cc(F)c(C)c3c1c2[C@@H](NC(=O)[C@@H](C)NC(=O)[C@@H](N)C(C)C)CC3. The summed E-state index contributed by atoms with van der Waals surface area (Å²) in [6.45, 7) is 8.44. The van der Waals surface area contributed by atoms with E-state index in [2.05, 4.69) is 10.6 Å². The molecule has 11 nitrogen and oxygen atoms in total. The number of carbonyl (C=O) groups is 3. The van der Waals surface area contributed by atoms with Gasteiger partial charge in [-0.15, -0.1) is 0 Å². The number of hydrogen-bond donors (Lipinski definition) is 4. The van der Waals surface area contributed by atoms with Gasteiger partial charge in [0.25, 0.3) is 5.56 Å². The number of esters is 1. The number of halogens is 1. The normalized spacial score (nSPS) is 21.3. The van der Waals surface area contributed by atoms with Crippen molar-refractivity contribution in [2.75, 3.05) is 0 Å². The summed E-state index contributed by atoms with van der Waals surface area (Å²) in [5.74, 6) is -2.17. The van der Waals surface area contributed by atoms with Crippen molar-refractivity contribution in [3.63, 3.8) is 0 Å². The molecule has 0 fully saturated rings. The summed E-state index contributed by atoms with van der Waals surface area (Å²) in [5.41, 5.74) is 7.86. The number of aliphatic hydroxyl groups is 1. The molecule has 2 aliphatic heterocycles. The molecule has 0 radical (unpaired) electrons. The van der Waals surface area contributed by atoms with E-state index in [1.807, 2.05) is 13.8 Å². The third-order valence-electron chi connectivity index (χ3n) is 9.47. The Morgan fingerprint density at radius 1 is 1.20 bits per heavy atom. The predicted molar refractivity (Wildman–Crippen MR) is 159 cm³/mol. The lowest BCUT2D eigenvalue weighted by Crippen LogP contribution is -2.52. The predicted octanol–water partition coefficient (Wildman–Crippen LogP) is 2.12. The van der Waals surface area contributed by atoms with Crippen LogP contribution in [0.15, 0.2) is 16.9 Å². The van der Waals surface area contributed by atoms with Crippen LogP contribution in [-0.2, 0) is 44.3 Å². The van der Waals surface area contributed by atoms with Crippen molar-refractivity contribution in [3.05, 3.63) is 61.7 Å². The van der Waals surface area contributed by atoms with E-state index in [9.17, 15) is 24.3 Å². The number of benzene rings is 1. The Morgan fingerprint density at radius 3 is 2.61 bits per heavy atom. The number of pyridine rings is 2. The second-order valence-corrected chi connectivity index (χ2v) is 12.4. The lowest BCUT2D eigenvalue weighted by molar-refractivity contribution is -0.172. The number of ether oxygens (including phenoxy) is 1. The largest absolute Gasteiger partial charge is 0.458 e. The van der Waals surface area contributed by atoms with Crippen LogP contribution in [0.25, 0.3) is 22.3 Å². The van der Waals surface area contributed by atoms with Gasteiger partial charge in [0.2, 0.25) is 11.8 Å². The summed E-state index contributed by atoms with van der Waals surface area (Å²) >= 11 is 0. The first-order chi connectivity index (χ1) is 20.8. The second kappa shape index (κ2) is 10.5. The molecule has 1 aliphatic carbocycles. The van der Waals surface area contributed by atoms with Crippen LogP contribution in [0.2, 0.25) is 0 Å². The zero-order valence-corrected chi connectivity index (χ0v) is 25.3. The standard InChI is InChI=1S/C32H36FN5O6/c1-6-32(43)19-9-23-27-17(11-38(23)30(41)18(19)12-44-31(32)42)25-21(37-28(39)15(5)35-29(40)26(34)13(2)3)8-7-16-14(4)20(33)10-22(36-27)24(16)25/h9-10,13,15,21,26,43H,6-8,11-12,34H2,1-5H3,(H,35,40)(H,37,39)/t15-,21+,26+,32+/m1/s1. The molecule has 0 saturated heterocycles. The number of carbonyl (C=O) groups excluding carboxylic acids is 3. The highest BCUT2D eigenvalue weighted by molar-refractivity contribution is 5.95. The van der Waals surface area contributed by atoms with Crippen LogP contribution in [0.4, 0.5) is 4.39 Å². The van der Waals surface area contributed by atoms with Gasteiger partial charge in [0.15, 0.2) is 5.60 Å². The zero-order chi connectivity index (χ0) is 31.8. The maximum atomic E-state index is 15.1. The fourth-order valence-corrected chi connectivity index (χ4v) is 6.67. The highest BCUT2D eigenvalue weighted by Crippen LogP contribution is 2.46. The van der Waals surface area contributed by atoms with Gasteiger partial charge in [-0.2, -0.15) is 0 Å². The van der Waals surface area contributed by atoms with E-state index in [0.29, 0.717) is 40.9 Å². The number of nitrogens with zero attached hydrogens (tertiary/aromatic N) is 2. The van der Waals surface area contributed by atoms with Crippen LogP contribution < -0.4 is 21.9 Å². The molecule has 5 N–H and O–H groups in total. The number of nitrogens with one attached hydrogen (secondary N) is 2. The number of cyclic esters (lactones) is 1. The molecule has 0 spiro atoms. The molecule has 6 rings (SSSR count). The summed E-state index contributed by atoms with van der Waals surface area (Å²) in [7, 11) is 0. The molecule has 3 aromatic rings. The van der Waals surface area contributed by atoms with E-state index in [1.54, 1.807) is 26.8 Å². The minimum Gasteiger partial charge on any atom is -0.458 e. The summed E-state index contributed by atoms with van der Waals surface area (Å²) < 4.78 is 21.8. The number of nitrogens with two attached hydrogens (primary N) is 1. The van der Waals surface area contributed by atoms with Crippen LogP contribution in [0, 0.1) is 18.7 Å².